The van der Waals surface area contributed by atoms with Crippen LogP contribution in [0.15, 0.2) is 29.4 Å². The van der Waals surface area contributed by atoms with Gasteiger partial charge in [0, 0.05) is 12.5 Å². The standard InChI is InChI=1S/C20H21N3O5S2/c1-4-26-19(25)17-15(21)14-16(22-20(29-3)23-18(14)30-17)12-6-5-7-13(10-12)28-9-8-27-11(2)24/h5-7,10H,4,8-9,21H2,1-3H3. The van der Waals surface area contributed by atoms with Crippen molar-refractivity contribution in [1.82, 2.24) is 9.97 Å². The summed E-state index contributed by atoms with van der Waals surface area (Å²) in [6, 6.07) is 7.33. The summed E-state index contributed by atoms with van der Waals surface area (Å²) in [6.07, 6.45) is 1.88. The Labute approximate surface area is 181 Å². The molecule has 0 aliphatic heterocycles. The fourth-order valence-corrected chi connectivity index (χ4v) is 4.14. The lowest BCUT2D eigenvalue weighted by atomic mass is 10.1. The molecule has 0 radical (unpaired) electrons. The number of nitrogens with zero attached hydrogens (tertiary/aromatic N) is 2. The molecule has 0 saturated carbocycles. The van der Waals surface area contributed by atoms with Gasteiger partial charge in [0.05, 0.1) is 23.4 Å². The molecule has 0 aliphatic rings. The summed E-state index contributed by atoms with van der Waals surface area (Å²) >= 11 is 2.59. The van der Waals surface area contributed by atoms with Gasteiger partial charge < -0.3 is 19.9 Å². The van der Waals surface area contributed by atoms with Gasteiger partial charge in [0.1, 0.15) is 28.7 Å². The maximum Gasteiger partial charge on any atom is 0.350 e. The Morgan fingerprint density at radius 1 is 1.20 bits per heavy atom. The summed E-state index contributed by atoms with van der Waals surface area (Å²) in [5.74, 6) is -0.237. The third-order valence-electron chi connectivity index (χ3n) is 3.98. The average molecular weight is 448 g/mol. The van der Waals surface area contributed by atoms with Crippen LogP contribution in [-0.4, -0.2) is 48.0 Å². The number of rotatable bonds is 8. The van der Waals surface area contributed by atoms with Gasteiger partial charge in [-0.05, 0) is 25.3 Å². The van der Waals surface area contributed by atoms with Gasteiger partial charge in [0.15, 0.2) is 5.16 Å². The molecule has 0 aliphatic carbocycles. The molecule has 0 amide bonds. The lowest BCUT2D eigenvalue weighted by Crippen LogP contribution is -2.09. The molecule has 2 aromatic heterocycles. The number of ether oxygens (including phenoxy) is 3. The van der Waals surface area contributed by atoms with E-state index in [4.69, 9.17) is 19.9 Å². The molecular formula is C20H21N3O5S2. The van der Waals surface area contributed by atoms with Crippen LogP contribution in [0.3, 0.4) is 0 Å². The monoisotopic (exact) mass is 447 g/mol. The fraction of sp³-hybridized carbons (Fsp3) is 0.300. The smallest absolute Gasteiger partial charge is 0.350 e. The van der Waals surface area contributed by atoms with Crippen molar-refractivity contribution in [1.29, 1.82) is 0 Å². The van der Waals surface area contributed by atoms with Crippen LogP contribution in [-0.2, 0) is 14.3 Å². The summed E-state index contributed by atoms with van der Waals surface area (Å²) in [5.41, 5.74) is 7.99. The van der Waals surface area contributed by atoms with Crippen molar-refractivity contribution in [2.45, 2.75) is 19.0 Å². The molecule has 3 rings (SSSR count). The highest BCUT2D eigenvalue weighted by Crippen LogP contribution is 2.40. The summed E-state index contributed by atoms with van der Waals surface area (Å²) in [6.45, 7) is 3.74. The molecule has 1 aromatic carbocycles. The predicted octanol–water partition coefficient (Wildman–Crippen LogP) is 3.78. The molecule has 0 saturated heterocycles. The van der Waals surface area contributed by atoms with Crippen molar-refractivity contribution in [3.8, 4) is 17.0 Å². The number of esters is 2. The quantitative estimate of drug-likeness (QED) is 0.238. The minimum absolute atomic E-state index is 0.161. The Morgan fingerprint density at radius 3 is 2.70 bits per heavy atom. The first kappa shape index (κ1) is 21.8. The summed E-state index contributed by atoms with van der Waals surface area (Å²) in [7, 11) is 0. The number of thioether (sulfide) groups is 1. The largest absolute Gasteiger partial charge is 0.490 e. The summed E-state index contributed by atoms with van der Waals surface area (Å²) in [5, 5.41) is 1.17. The molecule has 2 N–H and O–H groups in total. The number of carbonyl (C=O) groups excluding carboxylic acids is 2. The molecule has 158 valence electrons. The number of nitrogens with two attached hydrogens (primary N) is 1. The number of aromatic nitrogens is 2. The number of benzene rings is 1. The van der Waals surface area contributed by atoms with Crippen LogP contribution in [0, 0.1) is 0 Å². The van der Waals surface area contributed by atoms with Crippen LogP contribution < -0.4 is 10.5 Å². The Balaban J connectivity index is 2.01. The van der Waals surface area contributed by atoms with E-state index < -0.39 is 5.97 Å². The highest BCUT2D eigenvalue weighted by molar-refractivity contribution is 7.98. The van der Waals surface area contributed by atoms with E-state index in [-0.39, 0.29) is 25.8 Å². The van der Waals surface area contributed by atoms with Crippen molar-refractivity contribution < 1.29 is 23.8 Å². The Hall–Kier alpha value is -2.85. The maximum absolute atomic E-state index is 12.3. The lowest BCUT2D eigenvalue weighted by Gasteiger charge is -2.10. The second kappa shape index (κ2) is 9.77. The van der Waals surface area contributed by atoms with Crippen LogP contribution in [0.25, 0.3) is 21.5 Å². The third-order valence-corrected chi connectivity index (χ3v) is 5.60. The maximum atomic E-state index is 12.3. The number of carbonyl (C=O) groups is 2. The Morgan fingerprint density at radius 2 is 2.00 bits per heavy atom. The Bertz CT molecular complexity index is 1080. The van der Waals surface area contributed by atoms with Crippen LogP contribution in [0.5, 0.6) is 5.75 Å². The second-order valence-corrected chi connectivity index (χ2v) is 7.79. The minimum atomic E-state index is -0.475. The van der Waals surface area contributed by atoms with Crippen LogP contribution >= 0.6 is 23.1 Å². The minimum Gasteiger partial charge on any atom is -0.490 e. The zero-order valence-electron chi connectivity index (χ0n) is 16.8. The third kappa shape index (κ3) is 4.82. The summed E-state index contributed by atoms with van der Waals surface area (Å²) in [4.78, 5) is 33.2. The van der Waals surface area contributed by atoms with Crippen molar-refractivity contribution in [3.63, 3.8) is 0 Å². The van der Waals surface area contributed by atoms with Gasteiger partial charge in [-0.3, -0.25) is 4.79 Å². The van der Waals surface area contributed by atoms with Gasteiger partial charge in [-0.1, -0.05) is 23.9 Å². The zero-order chi connectivity index (χ0) is 21.7. The first-order valence-corrected chi connectivity index (χ1v) is 11.2. The zero-order valence-corrected chi connectivity index (χ0v) is 18.4. The number of anilines is 1. The predicted molar refractivity (Wildman–Crippen MR) is 117 cm³/mol. The van der Waals surface area contributed by atoms with E-state index in [1.165, 1.54) is 30.0 Å². The van der Waals surface area contributed by atoms with E-state index in [2.05, 4.69) is 9.97 Å². The molecular weight excluding hydrogens is 426 g/mol. The van der Waals surface area contributed by atoms with E-state index in [9.17, 15) is 9.59 Å². The lowest BCUT2D eigenvalue weighted by molar-refractivity contribution is -0.141. The first-order valence-electron chi connectivity index (χ1n) is 9.12. The van der Waals surface area contributed by atoms with E-state index in [0.717, 1.165) is 5.56 Å². The normalized spacial score (nSPS) is 10.8. The van der Waals surface area contributed by atoms with Crippen molar-refractivity contribution in [2.24, 2.45) is 0 Å². The fourth-order valence-electron chi connectivity index (χ4n) is 2.73. The van der Waals surface area contributed by atoms with Gasteiger partial charge in [-0.25, -0.2) is 14.8 Å². The van der Waals surface area contributed by atoms with Crippen molar-refractivity contribution >= 4 is 50.9 Å². The molecule has 0 spiro atoms. The van der Waals surface area contributed by atoms with Gasteiger partial charge in [0.25, 0.3) is 0 Å². The number of nitrogen functional groups attached to an aromatic ring is 1. The van der Waals surface area contributed by atoms with E-state index in [1.54, 1.807) is 13.0 Å². The topological polar surface area (TPSA) is 114 Å². The van der Waals surface area contributed by atoms with E-state index in [1.807, 2.05) is 24.5 Å². The molecule has 0 fully saturated rings. The van der Waals surface area contributed by atoms with Crippen molar-refractivity contribution in [2.75, 3.05) is 31.8 Å². The van der Waals surface area contributed by atoms with Crippen LogP contribution in [0.1, 0.15) is 23.5 Å². The molecule has 0 bridgehead atoms. The average Bonchev–Trinajstić information content (AvgIpc) is 3.07. The highest BCUT2D eigenvalue weighted by Gasteiger charge is 2.23. The molecule has 0 unspecified atom stereocenters. The molecule has 0 atom stereocenters. The van der Waals surface area contributed by atoms with Crippen molar-refractivity contribution in [3.05, 3.63) is 29.1 Å². The van der Waals surface area contributed by atoms with Gasteiger partial charge in [-0.2, -0.15) is 0 Å². The van der Waals surface area contributed by atoms with E-state index in [0.29, 0.717) is 37.4 Å². The molecule has 8 nitrogen and oxygen atoms in total. The van der Waals surface area contributed by atoms with Gasteiger partial charge in [-0.15, -0.1) is 11.3 Å². The molecule has 3 aromatic rings. The number of hydrogen-bond donors (Lipinski definition) is 1. The van der Waals surface area contributed by atoms with Crippen LogP contribution in [0.2, 0.25) is 0 Å². The van der Waals surface area contributed by atoms with Crippen LogP contribution in [0.4, 0.5) is 5.69 Å². The SMILES string of the molecule is CCOC(=O)c1sc2nc(SC)nc(-c3cccc(OCCOC(C)=O)c3)c2c1N. The molecule has 30 heavy (non-hydrogen) atoms. The van der Waals surface area contributed by atoms with Gasteiger partial charge >= 0.3 is 11.9 Å². The Kier molecular flexibility index (Phi) is 7.11. The first-order chi connectivity index (χ1) is 14.4. The van der Waals surface area contributed by atoms with E-state index >= 15 is 0 Å². The molecule has 10 heteroatoms. The highest BCUT2D eigenvalue weighted by atomic mass is 32.2. The number of fused-ring (bicyclic) bond motifs is 1. The summed E-state index contributed by atoms with van der Waals surface area (Å²) < 4.78 is 15.7. The number of thiophene rings is 1. The van der Waals surface area contributed by atoms with Gasteiger partial charge in [0.2, 0.25) is 0 Å². The second-order valence-electron chi connectivity index (χ2n) is 6.02. The molecule has 2 heterocycles. The number of hydrogen-bond acceptors (Lipinski definition) is 10.